The largest absolute Gasteiger partial charge is 0.494 e. The fraction of sp³-hybridized carbons (Fsp3) is 0.444. The molecule has 0 radical (unpaired) electrons. The molecule has 0 saturated carbocycles. The maximum absolute atomic E-state index is 12.4. The smallest absolute Gasteiger partial charge is 0.292 e. The number of anilines is 1. The SMILES string of the molecule is Cc1cc2nc(N3CCN(C(=O)C4=COCCO4)CC3)sc2cc1C. The second-order valence-corrected chi connectivity index (χ2v) is 7.39. The van der Waals surface area contributed by atoms with Crippen LogP contribution in [0.25, 0.3) is 10.2 Å². The Kier molecular flexibility index (Phi) is 4.25. The summed E-state index contributed by atoms with van der Waals surface area (Å²) in [5.41, 5.74) is 3.61. The fourth-order valence-corrected chi connectivity index (χ4v) is 4.14. The third-order valence-electron chi connectivity index (χ3n) is 4.69. The van der Waals surface area contributed by atoms with Gasteiger partial charge in [-0.15, -0.1) is 0 Å². The van der Waals surface area contributed by atoms with Gasteiger partial charge >= 0.3 is 0 Å². The predicted octanol–water partition coefficient (Wildman–Crippen LogP) is 2.45. The number of aromatic nitrogens is 1. The van der Waals surface area contributed by atoms with Gasteiger partial charge < -0.3 is 19.3 Å². The molecule has 1 aromatic heterocycles. The number of benzene rings is 1. The molecule has 0 unspecified atom stereocenters. The van der Waals surface area contributed by atoms with Gasteiger partial charge in [0.25, 0.3) is 5.91 Å². The highest BCUT2D eigenvalue weighted by molar-refractivity contribution is 7.22. The van der Waals surface area contributed by atoms with E-state index in [4.69, 9.17) is 14.5 Å². The van der Waals surface area contributed by atoms with Crippen LogP contribution in [0.2, 0.25) is 0 Å². The number of carbonyl (C=O) groups is 1. The quantitative estimate of drug-likeness (QED) is 0.824. The van der Waals surface area contributed by atoms with Crippen LogP contribution in [0.5, 0.6) is 0 Å². The van der Waals surface area contributed by atoms with Gasteiger partial charge in [-0.2, -0.15) is 0 Å². The van der Waals surface area contributed by atoms with E-state index in [0.29, 0.717) is 32.1 Å². The molecule has 4 rings (SSSR count). The Labute approximate surface area is 150 Å². The summed E-state index contributed by atoms with van der Waals surface area (Å²) < 4.78 is 11.8. The van der Waals surface area contributed by atoms with Crippen molar-refractivity contribution in [2.45, 2.75) is 13.8 Å². The Morgan fingerprint density at radius 1 is 1.12 bits per heavy atom. The Morgan fingerprint density at radius 2 is 1.88 bits per heavy atom. The molecule has 0 N–H and O–H groups in total. The molecule has 1 aromatic carbocycles. The maximum atomic E-state index is 12.4. The van der Waals surface area contributed by atoms with Crippen molar-refractivity contribution in [3.8, 4) is 0 Å². The summed E-state index contributed by atoms with van der Waals surface area (Å²) in [7, 11) is 0. The van der Waals surface area contributed by atoms with E-state index in [1.54, 1.807) is 11.3 Å². The van der Waals surface area contributed by atoms with Gasteiger partial charge in [-0.3, -0.25) is 4.79 Å². The number of amides is 1. The number of fused-ring (bicyclic) bond motifs is 1. The topological polar surface area (TPSA) is 54.9 Å². The molecule has 7 heteroatoms. The molecule has 132 valence electrons. The number of hydrogen-bond acceptors (Lipinski definition) is 6. The summed E-state index contributed by atoms with van der Waals surface area (Å²) in [6.07, 6.45) is 1.43. The van der Waals surface area contributed by atoms with Crippen molar-refractivity contribution < 1.29 is 14.3 Å². The molecular formula is C18H21N3O3S. The minimum absolute atomic E-state index is 0.0881. The van der Waals surface area contributed by atoms with Crippen LogP contribution in [-0.2, 0) is 14.3 Å². The predicted molar refractivity (Wildman–Crippen MR) is 97.9 cm³/mol. The summed E-state index contributed by atoms with van der Waals surface area (Å²) in [5, 5.41) is 1.03. The van der Waals surface area contributed by atoms with E-state index >= 15 is 0 Å². The molecule has 0 bridgehead atoms. The van der Waals surface area contributed by atoms with Crippen LogP contribution >= 0.6 is 11.3 Å². The van der Waals surface area contributed by atoms with Crippen LogP contribution in [0.15, 0.2) is 24.2 Å². The van der Waals surface area contributed by atoms with Crippen LogP contribution in [0.4, 0.5) is 5.13 Å². The lowest BCUT2D eigenvalue weighted by atomic mass is 10.1. The molecule has 1 saturated heterocycles. The van der Waals surface area contributed by atoms with Crippen molar-refractivity contribution in [1.29, 1.82) is 0 Å². The number of ether oxygens (including phenoxy) is 2. The third-order valence-corrected chi connectivity index (χ3v) is 5.77. The maximum Gasteiger partial charge on any atom is 0.292 e. The molecule has 2 aliphatic heterocycles. The van der Waals surface area contributed by atoms with Gasteiger partial charge in [0.2, 0.25) is 5.76 Å². The number of thiazole rings is 1. The van der Waals surface area contributed by atoms with E-state index in [2.05, 4.69) is 30.9 Å². The summed E-state index contributed by atoms with van der Waals surface area (Å²) in [5.74, 6) is 0.223. The Morgan fingerprint density at radius 3 is 2.60 bits per heavy atom. The first-order valence-electron chi connectivity index (χ1n) is 8.48. The molecule has 0 aliphatic carbocycles. The van der Waals surface area contributed by atoms with Gasteiger partial charge in [-0.05, 0) is 37.1 Å². The van der Waals surface area contributed by atoms with Crippen LogP contribution in [0, 0.1) is 13.8 Å². The molecule has 0 atom stereocenters. The van der Waals surface area contributed by atoms with Crippen LogP contribution < -0.4 is 4.90 Å². The highest BCUT2D eigenvalue weighted by Crippen LogP contribution is 2.31. The molecular weight excluding hydrogens is 338 g/mol. The second-order valence-electron chi connectivity index (χ2n) is 6.38. The van der Waals surface area contributed by atoms with Crippen molar-refractivity contribution in [3.63, 3.8) is 0 Å². The van der Waals surface area contributed by atoms with Crippen LogP contribution in [-0.4, -0.2) is 55.2 Å². The van der Waals surface area contributed by atoms with Crippen molar-refractivity contribution >= 4 is 32.6 Å². The average molecular weight is 359 g/mol. The van der Waals surface area contributed by atoms with Crippen LogP contribution in [0.3, 0.4) is 0 Å². The highest BCUT2D eigenvalue weighted by atomic mass is 32.1. The number of rotatable bonds is 2. The third kappa shape index (κ3) is 3.16. The van der Waals surface area contributed by atoms with E-state index in [1.165, 1.54) is 22.1 Å². The van der Waals surface area contributed by atoms with E-state index in [1.807, 2.05) is 4.90 Å². The second kappa shape index (κ2) is 6.55. The number of piperazine rings is 1. The lowest BCUT2D eigenvalue weighted by Crippen LogP contribution is -2.49. The first-order chi connectivity index (χ1) is 12.1. The normalized spacial score (nSPS) is 17.9. The highest BCUT2D eigenvalue weighted by Gasteiger charge is 2.27. The Hall–Kier alpha value is -2.28. The number of nitrogens with zero attached hydrogens (tertiary/aromatic N) is 3. The van der Waals surface area contributed by atoms with Gasteiger partial charge in [0, 0.05) is 26.2 Å². The van der Waals surface area contributed by atoms with Crippen molar-refractivity contribution in [1.82, 2.24) is 9.88 Å². The first-order valence-corrected chi connectivity index (χ1v) is 9.30. The van der Waals surface area contributed by atoms with Gasteiger partial charge in [-0.25, -0.2) is 4.98 Å². The zero-order valence-corrected chi connectivity index (χ0v) is 15.3. The van der Waals surface area contributed by atoms with E-state index in [0.717, 1.165) is 23.7 Å². The molecule has 1 amide bonds. The van der Waals surface area contributed by atoms with Crippen molar-refractivity contribution in [2.24, 2.45) is 0 Å². The lowest BCUT2D eigenvalue weighted by Gasteiger charge is -2.35. The molecule has 2 aromatic rings. The van der Waals surface area contributed by atoms with E-state index < -0.39 is 0 Å². The summed E-state index contributed by atoms with van der Waals surface area (Å²) >= 11 is 1.72. The fourth-order valence-electron chi connectivity index (χ4n) is 3.04. The summed E-state index contributed by atoms with van der Waals surface area (Å²) in [4.78, 5) is 21.3. The zero-order valence-electron chi connectivity index (χ0n) is 14.4. The molecule has 3 heterocycles. The molecule has 6 nitrogen and oxygen atoms in total. The Bertz CT molecular complexity index is 798. The minimum atomic E-state index is -0.0881. The van der Waals surface area contributed by atoms with Crippen LogP contribution in [0.1, 0.15) is 11.1 Å². The number of carbonyl (C=O) groups excluding carboxylic acids is 1. The standard InChI is InChI=1S/C18H21N3O3S/c1-12-9-14-16(10-13(12)2)25-18(19-14)21-5-3-20(4-6-21)17(22)15-11-23-7-8-24-15/h9-11H,3-8H2,1-2H3. The number of hydrogen-bond donors (Lipinski definition) is 0. The van der Waals surface area contributed by atoms with Gasteiger partial charge in [0.15, 0.2) is 5.13 Å². The molecule has 25 heavy (non-hydrogen) atoms. The molecule has 2 aliphatic rings. The number of aryl methyl sites for hydroxylation is 2. The van der Waals surface area contributed by atoms with E-state index in [9.17, 15) is 4.79 Å². The van der Waals surface area contributed by atoms with E-state index in [-0.39, 0.29) is 5.91 Å². The van der Waals surface area contributed by atoms with Gasteiger partial charge in [0.1, 0.15) is 19.5 Å². The lowest BCUT2D eigenvalue weighted by molar-refractivity contribution is -0.132. The molecule has 0 spiro atoms. The van der Waals surface area contributed by atoms with Gasteiger partial charge in [0.05, 0.1) is 10.2 Å². The van der Waals surface area contributed by atoms with Gasteiger partial charge in [-0.1, -0.05) is 11.3 Å². The zero-order chi connectivity index (χ0) is 17.4. The summed E-state index contributed by atoms with van der Waals surface area (Å²) in [6, 6.07) is 4.36. The Balaban J connectivity index is 1.45. The van der Waals surface area contributed by atoms with Crippen molar-refractivity contribution in [2.75, 3.05) is 44.3 Å². The average Bonchev–Trinajstić information content (AvgIpc) is 3.05. The summed E-state index contributed by atoms with van der Waals surface area (Å²) in [6.45, 7) is 8.05. The monoisotopic (exact) mass is 359 g/mol. The first kappa shape index (κ1) is 16.2. The molecule has 1 fully saturated rings. The minimum Gasteiger partial charge on any atom is -0.494 e. The van der Waals surface area contributed by atoms with Crippen molar-refractivity contribution in [3.05, 3.63) is 35.3 Å².